The molecule has 0 bridgehead atoms. The fourth-order valence-corrected chi connectivity index (χ4v) is 1.68. The molecule has 0 N–H and O–H groups in total. The van der Waals surface area contributed by atoms with E-state index in [0.29, 0.717) is 11.4 Å². The van der Waals surface area contributed by atoms with Gasteiger partial charge in [-0.05, 0) is 12.0 Å². The zero-order chi connectivity index (χ0) is 12.1. The zero-order valence-corrected chi connectivity index (χ0v) is 9.85. The summed E-state index contributed by atoms with van der Waals surface area (Å²) >= 11 is 5.84. The number of hydrogen-bond donors (Lipinski definition) is 0. The van der Waals surface area contributed by atoms with Crippen LogP contribution in [-0.4, -0.2) is 9.97 Å². The predicted molar refractivity (Wildman–Crippen MR) is 65.6 cm³/mol. The number of aromatic nitrogens is 2. The Balaban J connectivity index is 2.06. The first kappa shape index (κ1) is 11.6. The Kier molecular flexibility index (Phi) is 3.69. The van der Waals surface area contributed by atoms with Crippen molar-refractivity contribution in [3.63, 3.8) is 0 Å². The van der Waals surface area contributed by atoms with E-state index in [1.807, 2.05) is 24.3 Å². The van der Waals surface area contributed by atoms with Gasteiger partial charge in [0.05, 0.1) is 0 Å². The number of rotatable bonds is 3. The summed E-state index contributed by atoms with van der Waals surface area (Å²) in [6.07, 6.45) is 3.05. The van der Waals surface area contributed by atoms with E-state index in [1.54, 1.807) is 0 Å². The van der Waals surface area contributed by atoms with Crippen LogP contribution in [0.2, 0.25) is 5.15 Å². The summed E-state index contributed by atoms with van der Waals surface area (Å²) in [4.78, 5) is 8.20. The molecule has 17 heavy (non-hydrogen) atoms. The van der Waals surface area contributed by atoms with Crippen molar-refractivity contribution in [2.24, 2.45) is 0 Å². The van der Waals surface area contributed by atoms with Gasteiger partial charge in [0.2, 0.25) is 0 Å². The lowest BCUT2D eigenvalue weighted by Crippen LogP contribution is -1.99. The maximum atomic E-state index is 8.70. The van der Waals surface area contributed by atoms with Gasteiger partial charge in [-0.3, -0.25) is 0 Å². The standard InChI is InChI=1S/C13H10ClN3/c14-13-11(8-15)9-16-12(17-13)7-6-10-4-2-1-3-5-10/h1-5,9H,6-7H2. The van der Waals surface area contributed by atoms with Gasteiger partial charge in [0.1, 0.15) is 17.5 Å². The Morgan fingerprint density at radius 3 is 2.59 bits per heavy atom. The van der Waals surface area contributed by atoms with Crippen LogP contribution in [0.15, 0.2) is 36.5 Å². The molecule has 84 valence electrons. The molecule has 0 fully saturated rings. The van der Waals surface area contributed by atoms with Gasteiger partial charge in [0, 0.05) is 12.6 Å². The first-order valence-electron chi connectivity index (χ1n) is 5.25. The molecule has 1 heterocycles. The maximum Gasteiger partial charge on any atom is 0.150 e. The summed E-state index contributed by atoms with van der Waals surface area (Å²) in [5.74, 6) is 0.665. The molecule has 3 nitrogen and oxygen atoms in total. The maximum absolute atomic E-state index is 8.70. The molecule has 0 aliphatic heterocycles. The Hall–Kier alpha value is -1.92. The van der Waals surface area contributed by atoms with E-state index in [1.165, 1.54) is 11.8 Å². The topological polar surface area (TPSA) is 49.6 Å². The molecular formula is C13H10ClN3. The lowest BCUT2D eigenvalue weighted by atomic mass is 10.1. The normalized spacial score (nSPS) is 9.88. The minimum absolute atomic E-state index is 0.227. The number of benzene rings is 1. The van der Waals surface area contributed by atoms with Crippen molar-refractivity contribution in [3.8, 4) is 6.07 Å². The molecule has 0 spiro atoms. The van der Waals surface area contributed by atoms with Gasteiger partial charge in [-0.15, -0.1) is 0 Å². The molecule has 0 amide bonds. The van der Waals surface area contributed by atoms with Gasteiger partial charge < -0.3 is 0 Å². The van der Waals surface area contributed by atoms with Crippen molar-refractivity contribution in [1.29, 1.82) is 5.26 Å². The zero-order valence-electron chi connectivity index (χ0n) is 9.10. The molecule has 0 saturated carbocycles. The third-order valence-corrected chi connectivity index (χ3v) is 2.68. The molecule has 0 saturated heterocycles. The second-order valence-electron chi connectivity index (χ2n) is 3.59. The van der Waals surface area contributed by atoms with Crippen molar-refractivity contribution in [3.05, 3.63) is 58.6 Å². The van der Waals surface area contributed by atoms with Crippen LogP contribution in [0, 0.1) is 11.3 Å². The number of nitriles is 1. The predicted octanol–water partition coefficient (Wildman–Crippen LogP) is 2.79. The van der Waals surface area contributed by atoms with Gasteiger partial charge in [0.25, 0.3) is 0 Å². The molecule has 4 heteroatoms. The van der Waals surface area contributed by atoms with Gasteiger partial charge >= 0.3 is 0 Å². The largest absolute Gasteiger partial charge is 0.240 e. The van der Waals surface area contributed by atoms with Crippen LogP contribution in [0.5, 0.6) is 0 Å². The van der Waals surface area contributed by atoms with Crippen molar-refractivity contribution in [1.82, 2.24) is 9.97 Å². The van der Waals surface area contributed by atoms with Gasteiger partial charge in [-0.1, -0.05) is 41.9 Å². The molecule has 0 radical (unpaired) electrons. The molecule has 0 aliphatic rings. The fraction of sp³-hybridized carbons (Fsp3) is 0.154. The monoisotopic (exact) mass is 243 g/mol. The van der Waals surface area contributed by atoms with Crippen LogP contribution < -0.4 is 0 Å². The quantitative estimate of drug-likeness (QED) is 0.779. The highest BCUT2D eigenvalue weighted by Gasteiger charge is 2.04. The third-order valence-electron chi connectivity index (χ3n) is 2.39. The molecule has 1 aromatic carbocycles. The minimum Gasteiger partial charge on any atom is -0.240 e. The first-order valence-corrected chi connectivity index (χ1v) is 5.63. The minimum atomic E-state index is 0.227. The summed E-state index contributed by atoms with van der Waals surface area (Å²) in [6, 6.07) is 12.0. The molecule has 2 rings (SSSR count). The summed E-state index contributed by atoms with van der Waals surface area (Å²) in [5, 5.41) is 8.93. The van der Waals surface area contributed by atoms with E-state index < -0.39 is 0 Å². The summed E-state index contributed by atoms with van der Waals surface area (Å²) in [5.41, 5.74) is 1.55. The molecule has 1 aromatic heterocycles. The van der Waals surface area contributed by atoms with E-state index in [2.05, 4.69) is 22.1 Å². The van der Waals surface area contributed by atoms with Crippen molar-refractivity contribution in [2.45, 2.75) is 12.8 Å². The van der Waals surface area contributed by atoms with Gasteiger partial charge in [-0.2, -0.15) is 5.26 Å². The molecule has 0 atom stereocenters. The highest BCUT2D eigenvalue weighted by atomic mass is 35.5. The van der Waals surface area contributed by atoms with Crippen LogP contribution in [0.25, 0.3) is 0 Å². The Morgan fingerprint density at radius 1 is 1.18 bits per heavy atom. The summed E-state index contributed by atoms with van der Waals surface area (Å²) in [7, 11) is 0. The number of nitrogens with zero attached hydrogens (tertiary/aromatic N) is 3. The number of halogens is 1. The Morgan fingerprint density at radius 2 is 1.94 bits per heavy atom. The average Bonchev–Trinajstić information content (AvgIpc) is 2.38. The van der Waals surface area contributed by atoms with Crippen molar-refractivity contribution >= 4 is 11.6 Å². The SMILES string of the molecule is N#Cc1cnc(CCc2ccccc2)nc1Cl. The molecular weight excluding hydrogens is 234 g/mol. The van der Waals surface area contributed by atoms with Crippen LogP contribution in [-0.2, 0) is 12.8 Å². The summed E-state index contributed by atoms with van der Waals surface area (Å²) in [6.45, 7) is 0. The van der Waals surface area contributed by atoms with Crippen LogP contribution in [0.3, 0.4) is 0 Å². The van der Waals surface area contributed by atoms with E-state index in [4.69, 9.17) is 16.9 Å². The second-order valence-corrected chi connectivity index (χ2v) is 3.95. The second kappa shape index (κ2) is 5.42. The Bertz CT molecular complexity index is 546. The first-order chi connectivity index (χ1) is 8.29. The molecule has 0 aliphatic carbocycles. The highest BCUT2D eigenvalue weighted by molar-refractivity contribution is 6.30. The number of aryl methyl sites for hydroxylation is 2. The van der Waals surface area contributed by atoms with Crippen molar-refractivity contribution in [2.75, 3.05) is 0 Å². The van der Waals surface area contributed by atoms with Crippen LogP contribution in [0.1, 0.15) is 17.0 Å². The number of hydrogen-bond acceptors (Lipinski definition) is 3. The van der Waals surface area contributed by atoms with Crippen LogP contribution in [0.4, 0.5) is 0 Å². The third kappa shape index (κ3) is 3.02. The van der Waals surface area contributed by atoms with Gasteiger partial charge in [0.15, 0.2) is 5.15 Å². The fourth-order valence-electron chi connectivity index (χ4n) is 1.49. The van der Waals surface area contributed by atoms with E-state index in [9.17, 15) is 0 Å². The van der Waals surface area contributed by atoms with Crippen molar-refractivity contribution < 1.29 is 0 Å². The lowest BCUT2D eigenvalue weighted by molar-refractivity contribution is 0.856. The van der Waals surface area contributed by atoms with E-state index in [0.717, 1.165) is 12.8 Å². The van der Waals surface area contributed by atoms with Crippen LogP contribution >= 0.6 is 11.6 Å². The lowest BCUT2D eigenvalue weighted by Gasteiger charge is -2.01. The van der Waals surface area contributed by atoms with Gasteiger partial charge in [-0.25, -0.2) is 9.97 Å². The Labute approximate surface area is 105 Å². The molecule has 0 unspecified atom stereocenters. The van der Waals surface area contributed by atoms with E-state index in [-0.39, 0.29) is 5.15 Å². The molecule has 2 aromatic rings. The smallest absolute Gasteiger partial charge is 0.150 e. The average molecular weight is 244 g/mol. The highest BCUT2D eigenvalue weighted by Crippen LogP contribution is 2.11. The summed E-state index contributed by atoms with van der Waals surface area (Å²) < 4.78 is 0. The van der Waals surface area contributed by atoms with E-state index >= 15 is 0 Å².